The maximum atomic E-state index is 11.3. The van der Waals surface area contributed by atoms with Gasteiger partial charge in [0.2, 0.25) is 0 Å². The minimum atomic E-state index is -0.752. The van der Waals surface area contributed by atoms with E-state index in [4.69, 9.17) is 0 Å². The van der Waals surface area contributed by atoms with Crippen LogP contribution in [0.15, 0.2) is 28.7 Å². The van der Waals surface area contributed by atoms with Gasteiger partial charge in [0.1, 0.15) is 0 Å². The van der Waals surface area contributed by atoms with E-state index in [0.29, 0.717) is 0 Å². The van der Waals surface area contributed by atoms with Crippen molar-refractivity contribution >= 4 is 21.9 Å². The van der Waals surface area contributed by atoms with Gasteiger partial charge in [-0.25, -0.2) is 0 Å². The summed E-state index contributed by atoms with van der Waals surface area (Å²) in [6.45, 7) is 0.919. The standard InChI is InChI=1S/C12H14BrNO2/c13-9-4-1-3-8(7-9)11(12(15)16)10-5-2-6-14-10/h1,3-4,7,10-11,14H,2,5-6H2,(H,15,16)/t10-,11+/m1/s1. The van der Waals surface area contributed by atoms with Gasteiger partial charge in [-0.3, -0.25) is 4.79 Å². The average molecular weight is 284 g/mol. The van der Waals surface area contributed by atoms with E-state index in [-0.39, 0.29) is 6.04 Å². The summed E-state index contributed by atoms with van der Waals surface area (Å²) in [4.78, 5) is 11.3. The first-order valence-electron chi connectivity index (χ1n) is 5.40. The molecule has 0 radical (unpaired) electrons. The second-order valence-corrected chi connectivity index (χ2v) is 4.99. The number of halogens is 1. The third-order valence-corrected chi connectivity index (χ3v) is 3.47. The van der Waals surface area contributed by atoms with Crippen molar-refractivity contribution in [3.8, 4) is 0 Å². The molecule has 1 heterocycles. The van der Waals surface area contributed by atoms with Gasteiger partial charge in [-0.1, -0.05) is 28.1 Å². The van der Waals surface area contributed by atoms with Crippen molar-refractivity contribution in [2.45, 2.75) is 24.8 Å². The first-order chi connectivity index (χ1) is 7.68. The molecule has 0 bridgehead atoms. The molecule has 3 nitrogen and oxygen atoms in total. The molecule has 86 valence electrons. The van der Waals surface area contributed by atoms with Gasteiger partial charge in [0, 0.05) is 10.5 Å². The van der Waals surface area contributed by atoms with Gasteiger partial charge in [-0.15, -0.1) is 0 Å². The third-order valence-electron chi connectivity index (χ3n) is 2.97. The van der Waals surface area contributed by atoms with Crippen LogP contribution >= 0.6 is 15.9 Å². The van der Waals surface area contributed by atoms with E-state index in [0.717, 1.165) is 29.4 Å². The Morgan fingerprint density at radius 2 is 2.38 bits per heavy atom. The SMILES string of the molecule is O=C(O)[C@@H](c1cccc(Br)c1)[C@H]1CCCN1. The lowest BCUT2D eigenvalue weighted by atomic mass is 9.91. The largest absolute Gasteiger partial charge is 0.481 e. The smallest absolute Gasteiger partial charge is 0.312 e. The lowest BCUT2D eigenvalue weighted by molar-refractivity contribution is -0.139. The van der Waals surface area contributed by atoms with Gasteiger partial charge >= 0.3 is 5.97 Å². The Morgan fingerprint density at radius 3 is 2.94 bits per heavy atom. The average Bonchev–Trinajstić information content (AvgIpc) is 2.71. The number of aliphatic carboxylic acids is 1. The van der Waals surface area contributed by atoms with E-state index in [2.05, 4.69) is 21.2 Å². The quantitative estimate of drug-likeness (QED) is 0.896. The predicted molar refractivity (Wildman–Crippen MR) is 65.5 cm³/mol. The van der Waals surface area contributed by atoms with E-state index in [9.17, 15) is 9.90 Å². The number of nitrogens with one attached hydrogen (secondary N) is 1. The molecule has 1 aromatic carbocycles. The maximum Gasteiger partial charge on any atom is 0.312 e. The van der Waals surface area contributed by atoms with Crippen molar-refractivity contribution in [3.63, 3.8) is 0 Å². The molecule has 1 aromatic rings. The minimum absolute atomic E-state index is 0.0619. The van der Waals surface area contributed by atoms with Crippen LogP contribution in [0.1, 0.15) is 24.3 Å². The van der Waals surface area contributed by atoms with Crippen LogP contribution in [0.2, 0.25) is 0 Å². The summed E-state index contributed by atoms with van der Waals surface area (Å²) in [6.07, 6.45) is 1.99. The molecular formula is C12H14BrNO2. The number of carboxylic acids is 1. The molecule has 16 heavy (non-hydrogen) atoms. The highest BCUT2D eigenvalue weighted by atomic mass is 79.9. The van der Waals surface area contributed by atoms with Crippen molar-refractivity contribution in [2.24, 2.45) is 0 Å². The molecule has 0 saturated carbocycles. The van der Waals surface area contributed by atoms with Crippen LogP contribution in [0, 0.1) is 0 Å². The third kappa shape index (κ3) is 2.44. The second-order valence-electron chi connectivity index (χ2n) is 4.07. The molecule has 0 amide bonds. The van der Waals surface area contributed by atoms with E-state index < -0.39 is 11.9 Å². The number of hydrogen-bond acceptors (Lipinski definition) is 2. The lowest BCUT2D eigenvalue weighted by Gasteiger charge is -2.20. The molecule has 2 N–H and O–H groups in total. The first-order valence-corrected chi connectivity index (χ1v) is 6.19. The highest BCUT2D eigenvalue weighted by Gasteiger charge is 2.31. The normalized spacial score (nSPS) is 21.9. The number of rotatable bonds is 3. The van der Waals surface area contributed by atoms with Crippen molar-refractivity contribution < 1.29 is 9.90 Å². The Labute approximate surface area is 103 Å². The highest BCUT2D eigenvalue weighted by molar-refractivity contribution is 9.10. The molecule has 0 spiro atoms. The zero-order chi connectivity index (χ0) is 11.5. The molecule has 0 unspecified atom stereocenters. The summed E-state index contributed by atoms with van der Waals surface area (Å²) < 4.78 is 0.925. The summed E-state index contributed by atoms with van der Waals surface area (Å²) in [6, 6.07) is 7.61. The monoisotopic (exact) mass is 283 g/mol. The molecule has 0 aliphatic carbocycles. The predicted octanol–water partition coefficient (Wildman–Crippen LogP) is 2.37. The Morgan fingerprint density at radius 1 is 1.56 bits per heavy atom. The van der Waals surface area contributed by atoms with Crippen molar-refractivity contribution in [1.29, 1.82) is 0 Å². The molecular weight excluding hydrogens is 270 g/mol. The lowest BCUT2D eigenvalue weighted by Crippen LogP contribution is -2.33. The van der Waals surface area contributed by atoms with E-state index in [1.54, 1.807) is 0 Å². The van der Waals surface area contributed by atoms with Crippen molar-refractivity contribution in [3.05, 3.63) is 34.3 Å². The Bertz CT molecular complexity index is 388. The molecule has 1 aliphatic rings. The Balaban J connectivity index is 2.28. The fraction of sp³-hybridized carbons (Fsp3) is 0.417. The van der Waals surface area contributed by atoms with E-state index in [1.807, 2.05) is 24.3 Å². The molecule has 1 fully saturated rings. The molecule has 1 aliphatic heterocycles. The van der Waals surface area contributed by atoms with Gasteiger partial charge in [0.05, 0.1) is 5.92 Å². The van der Waals surface area contributed by atoms with Crippen LogP contribution in [0.5, 0.6) is 0 Å². The van der Waals surface area contributed by atoms with Crippen LogP contribution in [0.25, 0.3) is 0 Å². The summed E-state index contributed by atoms with van der Waals surface area (Å²) >= 11 is 3.37. The Hall–Kier alpha value is -0.870. The summed E-state index contributed by atoms with van der Waals surface area (Å²) in [7, 11) is 0. The van der Waals surface area contributed by atoms with Gasteiger partial charge in [-0.05, 0) is 37.1 Å². The maximum absolute atomic E-state index is 11.3. The molecule has 4 heteroatoms. The van der Waals surface area contributed by atoms with Crippen LogP contribution in [0.3, 0.4) is 0 Å². The minimum Gasteiger partial charge on any atom is -0.481 e. The molecule has 1 saturated heterocycles. The number of carbonyl (C=O) groups is 1. The second kappa shape index (κ2) is 4.97. The van der Waals surface area contributed by atoms with Crippen LogP contribution in [-0.4, -0.2) is 23.7 Å². The van der Waals surface area contributed by atoms with Gasteiger partial charge < -0.3 is 10.4 Å². The van der Waals surface area contributed by atoms with Gasteiger partial charge in [-0.2, -0.15) is 0 Å². The summed E-state index contributed by atoms with van der Waals surface area (Å²) in [5.41, 5.74) is 0.862. The Kier molecular flexibility index (Phi) is 3.61. The van der Waals surface area contributed by atoms with Gasteiger partial charge in [0.25, 0.3) is 0 Å². The number of benzene rings is 1. The topological polar surface area (TPSA) is 49.3 Å². The van der Waals surface area contributed by atoms with E-state index in [1.165, 1.54) is 0 Å². The zero-order valence-electron chi connectivity index (χ0n) is 8.82. The van der Waals surface area contributed by atoms with Crippen LogP contribution in [-0.2, 0) is 4.79 Å². The highest BCUT2D eigenvalue weighted by Crippen LogP contribution is 2.27. The summed E-state index contributed by atoms with van der Waals surface area (Å²) in [5, 5.41) is 12.6. The van der Waals surface area contributed by atoms with E-state index >= 15 is 0 Å². The van der Waals surface area contributed by atoms with Crippen LogP contribution in [0.4, 0.5) is 0 Å². The molecule has 0 aromatic heterocycles. The zero-order valence-corrected chi connectivity index (χ0v) is 10.4. The fourth-order valence-electron chi connectivity index (χ4n) is 2.24. The fourth-order valence-corrected chi connectivity index (χ4v) is 2.66. The van der Waals surface area contributed by atoms with Gasteiger partial charge in [0.15, 0.2) is 0 Å². The molecule has 2 rings (SSSR count). The first kappa shape index (κ1) is 11.6. The summed E-state index contributed by atoms with van der Waals surface area (Å²) in [5.74, 6) is -1.20. The number of hydrogen-bond donors (Lipinski definition) is 2. The van der Waals surface area contributed by atoms with Crippen molar-refractivity contribution in [2.75, 3.05) is 6.54 Å². The van der Waals surface area contributed by atoms with Crippen molar-refractivity contribution in [1.82, 2.24) is 5.32 Å². The molecule has 2 atom stereocenters. The number of carboxylic acid groups (broad SMARTS) is 1. The van der Waals surface area contributed by atoms with Crippen LogP contribution < -0.4 is 5.32 Å².